The number of hydrogen-bond donors (Lipinski definition) is 0. The van der Waals surface area contributed by atoms with Crippen LogP contribution in [0, 0.1) is 32.2 Å². The summed E-state index contributed by atoms with van der Waals surface area (Å²) in [5.74, 6) is 0.612. The zero-order valence-corrected chi connectivity index (χ0v) is 22.4. The molecule has 6 heteroatoms. The van der Waals surface area contributed by atoms with E-state index in [1.807, 2.05) is 18.2 Å². The summed E-state index contributed by atoms with van der Waals surface area (Å²) in [7, 11) is 1.39. The number of esters is 2. The van der Waals surface area contributed by atoms with Crippen molar-refractivity contribution in [3.05, 3.63) is 45.0 Å². The van der Waals surface area contributed by atoms with E-state index in [0.717, 1.165) is 42.1 Å². The topological polar surface area (TPSA) is 69.7 Å². The highest BCUT2D eigenvalue weighted by Gasteiger charge is 2.69. The molecule has 0 heterocycles. The molecule has 5 nitrogen and oxygen atoms in total. The van der Waals surface area contributed by atoms with Gasteiger partial charge in [0.1, 0.15) is 0 Å². The fourth-order valence-electron chi connectivity index (χ4n) is 8.10. The Balaban J connectivity index is 1.49. The molecule has 3 saturated carbocycles. The van der Waals surface area contributed by atoms with Crippen LogP contribution in [0.3, 0.4) is 0 Å². The highest BCUT2D eigenvalue weighted by atomic mass is 127. The van der Waals surface area contributed by atoms with Gasteiger partial charge in [0.05, 0.1) is 12.7 Å². The van der Waals surface area contributed by atoms with Crippen LogP contribution in [0.1, 0.15) is 75.6 Å². The predicted octanol–water partition coefficient (Wildman–Crippen LogP) is 5.89. The molecule has 4 aliphatic carbocycles. The number of ketones is 1. The maximum absolute atomic E-state index is 13.4. The molecule has 5 rings (SSSR count). The van der Waals surface area contributed by atoms with Crippen molar-refractivity contribution in [2.75, 3.05) is 7.11 Å². The number of carbonyl (C=O) groups excluding carboxylic acids is 3. The Labute approximate surface area is 215 Å². The summed E-state index contributed by atoms with van der Waals surface area (Å²) in [6.07, 6.45) is 8.58. The van der Waals surface area contributed by atoms with E-state index in [4.69, 9.17) is 9.47 Å². The van der Waals surface area contributed by atoms with Crippen molar-refractivity contribution in [2.45, 2.75) is 70.8 Å². The van der Waals surface area contributed by atoms with Gasteiger partial charge in [0, 0.05) is 15.4 Å². The third kappa shape index (κ3) is 3.41. The van der Waals surface area contributed by atoms with Crippen LogP contribution in [-0.2, 0) is 19.1 Å². The number of carbonyl (C=O) groups is 3. The zero-order chi connectivity index (χ0) is 24.3. The molecule has 0 saturated heterocycles. The maximum Gasteiger partial charge on any atom is 0.350 e. The smallest absolute Gasteiger partial charge is 0.350 e. The number of fused-ring (bicyclic) bond motifs is 5. The molecule has 1 aromatic carbocycles. The Morgan fingerprint density at radius 2 is 1.79 bits per heavy atom. The standard InChI is InChI=1S/C28H33IO5/c1-26-12-9-20(30)16-18(26)7-8-21-22(26)10-13-27(2)23(21)11-14-28(27,25(32)33-3)34-24(31)17-5-4-6-19(29)15-17/h4-6,15-16,21-23H,7-14H2,1-3H3/t21-,22+,23+,26+,27+,28+/m1/s1. The lowest BCUT2D eigenvalue weighted by atomic mass is 9.46. The molecule has 0 amide bonds. The Hall–Kier alpha value is -1.70. The second-order valence-corrected chi connectivity index (χ2v) is 12.4. The first kappa shape index (κ1) is 24.0. The monoisotopic (exact) mass is 576 g/mol. The minimum Gasteiger partial charge on any atom is -0.466 e. The molecule has 182 valence electrons. The highest BCUT2D eigenvalue weighted by Crippen LogP contribution is 2.68. The SMILES string of the molecule is COC(=O)[C@@]1(OC(=O)c2cccc(I)c2)CC[C@H]2[C@@H]3CCC4=CC(=O)CC[C@]4(C)[C@H]3CC[C@@]21C. The molecular weight excluding hydrogens is 543 g/mol. The Morgan fingerprint density at radius 1 is 1.03 bits per heavy atom. The van der Waals surface area contributed by atoms with Crippen molar-refractivity contribution in [2.24, 2.45) is 28.6 Å². The number of hydrogen-bond acceptors (Lipinski definition) is 5. The van der Waals surface area contributed by atoms with E-state index >= 15 is 0 Å². The number of rotatable bonds is 3. The van der Waals surface area contributed by atoms with Gasteiger partial charge in [-0.3, -0.25) is 4.79 Å². The average Bonchev–Trinajstić information content (AvgIpc) is 3.12. The lowest BCUT2D eigenvalue weighted by Crippen LogP contribution is -2.59. The zero-order valence-electron chi connectivity index (χ0n) is 20.2. The molecule has 4 aliphatic rings. The summed E-state index contributed by atoms with van der Waals surface area (Å²) in [6.45, 7) is 4.50. The van der Waals surface area contributed by atoms with Gasteiger partial charge in [-0.05, 0) is 115 Å². The van der Waals surface area contributed by atoms with Crippen LogP contribution in [0.15, 0.2) is 35.9 Å². The van der Waals surface area contributed by atoms with Crippen molar-refractivity contribution < 1.29 is 23.9 Å². The van der Waals surface area contributed by atoms with Gasteiger partial charge in [0.2, 0.25) is 5.60 Å². The summed E-state index contributed by atoms with van der Waals surface area (Å²) in [4.78, 5) is 38.8. The van der Waals surface area contributed by atoms with Gasteiger partial charge in [-0.15, -0.1) is 0 Å². The number of ether oxygens (including phenoxy) is 2. The lowest BCUT2D eigenvalue weighted by Gasteiger charge is -2.58. The predicted molar refractivity (Wildman–Crippen MR) is 136 cm³/mol. The highest BCUT2D eigenvalue weighted by molar-refractivity contribution is 14.1. The van der Waals surface area contributed by atoms with E-state index in [0.29, 0.717) is 30.2 Å². The summed E-state index contributed by atoms with van der Waals surface area (Å²) < 4.78 is 12.5. The number of benzene rings is 1. The average molecular weight is 576 g/mol. The fourth-order valence-corrected chi connectivity index (χ4v) is 8.64. The first-order chi connectivity index (χ1) is 16.1. The molecule has 34 heavy (non-hydrogen) atoms. The van der Waals surface area contributed by atoms with Gasteiger partial charge in [0.15, 0.2) is 5.78 Å². The van der Waals surface area contributed by atoms with Crippen LogP contribution in [0.25, 0.3) is 0 Å². The van der Waals surface area contributed by atoms with E-state index in [-0.39, 0.29) is 17.1 Å². The minimum absolute atomic E-state index is 0.0616. The first-order valence-electron chi connectivity index (χ1n) is 12.5. The second kappa shape index (κ2) is 8.45. The molecule has 0 unspecified atom stereocenters. The van der Waals surface area contributed by atoms with Crippen molar-refractivity contribution >= 4 is 40.3 Å². The van der Waals surface area contributed by atoms with Gasteiger partial charge in [-0.2, -0.15) is 0 Å². The van der Waals surface area contributed by atoms with Crippen LogP contribution < -0.4 is 0 Å². The van der Waals surface area contributed by atoms with Gasteiger partial charge in [0.25, 0.3) is 0 Å². The summed E-state index contributed by atoms with van der Waals surface area (Å²) in [5, 5.41) is 0. The molecule has 0 aromatic heterocycles. The van der Waals surface area contributed by atoms with Gasteiger partial charge in [-0.1, -0.05) is 25.5 Å². The second-order valence-electron chi connectivity index (χ2n) is 11.2. The number of halogens is 1. The molecular formula is C28H33IO5. The first-order valence-corrected chi connectivity index (χ1v) is 13.5. The van der Waals surface area contributed by atoms with Gasteiger partial charge < -0.3 is 9.47 Å². The van der Waals surface area contributed by atoms with E-state index in [1.165, 1.54) is 12.7 Å². The molecule has 0 bridgehead atoms. The summed E-state index contributed by atoms with van der Waals surface area (Å²) in [6, 6.07) is 7.28. The Morgan fingerprint density at radius 3 is 2.53 bits per heavy atom. The lowest BCUT2D eigenvalue weighted by molar-refractivity contribution is -0.185. The van der Waals surface area contributed by atoms with Crippen molar-refractivity contribution in [1.82, 2.24) is 0 Å². The van der Waals surface area contributed by atoms with Crippen LogP contribution in [0.5, 0.6) is 0 Å². The van der Waals surface area contributed by atoms with E-state index < -0.39 is 23.0 Å². The maximum atomic E-state index is 13.4. The molecule has 1 aromatic rings. The Kier molecular flexibility index (Phi) is 5.97. The molecule has 3 fully saturated rings. The minimum atomic E-state index is -1.27. The third-order valence-corrected chi connectivity index (χ3v) is 10.6. The van der Waals surface area contributed by atoms with Crippen molar-refractivity contribution in [1.29, 1.82) is 0 Å². The number of allylic oxidation sites excluding steroid dienone is 1. The molecule has 0 radical (unpaired) electrons. The Bertz CT molecular complexity index is 1080. The van der Waals surface area contributed by atoms with E-state index in [2.05, 4.69) is 36.4 Å². The molecule has 0 aliphatic heterocycles. The van der Waals surface area contributed by atoms with Crippen LogP contribution in [0.4, 0.5) is 0 Å². The van der Waals surface area contributed by atoms with E-state index in [1.54, 1.807) is 12.1 Å². The molecule has 0 N–H and O–H groups in total. The third-order valence-electron chi connectivity index (χ3n) is 9.92. The summed E-state index contributed by atoms with van der Waals surface area (Å²) >= 11 is 2.17. The fraction of sp³-hybridized carbons (Fsp3) is 0.607. The molecule has 0 spiro atoms. The van der Waals surface area contributed by atoms with Gasteiger partial charge in [-0.25, -0.2) is 9.59 Å². The van der Waals surface area contributed by atoms with Crippen LogP contribution >= 0.6 is 22.6 Å². The quantitative estimate of drug-likeness (QED) is 0.332. The molecule has 6 atom stereocenters. The largest absolute Gasteiger partial charge is 0.466 e. The van der Waals surface area contributed by atoms with Crippen molar-refractivity contribution in [3.63, 3.8) is 0 Å². The van der Waals surface area contributed by atoms with Crippen molar-refractivity contribution in [3.8, 4) is 0 Å². The van der Waals surface area contributed by atoms with Crippen LogP contribution in [-0.4, -0.2) is 30.4 Å². The van der Waals surface area contributed by atoms with E-state index in [9.17, 15) is 14.4 Å². The summed E-state index contributed by atoms with van der Waals surface area (Å²) in [5.41, 5.74) is 0.112. The van der Waals surface area contributed by atoms with Crippen LogP contribution in [0.2, 0.25) is 0 Å². The number of methoxy groups -OCH3 is 1. The van der Waals surface area contributed by atoms with Gasteiger partial charge >= 0.3 is 11.9 Å². The normalized spacial score (nSPS) is 38.8.